The monoisotopic (exact) mass is 346 g/mol. The maximum atomic E-state index is 12.7. The molecule has 2 heterocycles. The first kappa shape index (κ1) is 17.7. The molecule has 0 radical (unpaired) electrons. The SMILES string of the molecule is COCC(=O)N1CCC[C@H](C(=O)N2CC(Oc3cccc(C)c3)C2)C1. The first-order chi connectivity index (χ1) is 12.1. The lowest BCUT2D eigenvalue weighted by molar-refractivity contribution is -0.148. The van der Waals surface area contributed by atoms with Crippen molar-refractivity contribution < 1.29 is 19.1 Å². The van der Waals surface area contributed by atoms with Crippen LogP contribution in [0.5, 0.6) is 5.75 Å². The summed E-state index contributed by atoms with van der Waals surface area (Å²) in [7, 11) is 1.51. The second-order valence-corrected chi connectivity index (χ2v) is 6.91. The van der Waals surface area contributed by atoms with Gasteiger partial charge in [0.1, 0.15) is 18.5 Å². The molecule has 2 aliphatic heterocycles. The van der Waals surface area contributed by atoms with Crippen LogP contribution in [-0.2, 0) is 14.3 Å². The van der Waals surface area contributed by atoms with E-state index < -0.39 is 0 Å². The molecule has 0 saturated carbocycles. The second-order valence-electron chi connectivity index (χ2n) is 6.91. The smallest absolute Gasteiger partial charge is 0.248 e. The normalized spacial score (nSPS) is 21.0. The number of aryl methyl sites for hydroxylation is 1. The van der Waals surface area contributed by atoms with Crippen LogP contribution >= 0.6 is 0 Å². The van der Waals surface area contributed by atoms with Gasteiger partial charge in [0, 0.05) is 20.2 Å². The number of amides is 2. The summed E-state index contributed by atoms with van der Waals surface area (Å²) in [6.07, 6.45) is 1.76. The highest BCUT2D eigenvalue weighted by molar-refractivity contribution is 5.82. The molecule has 3 rings (SSSR count). The van der Waals surface area contributed by atoms with Crippen LogP contribution in [0.2, 0.25) is 0 Å². The summed E-state index contributed by atoms with van der Waals surface area (Å²) in [6.45, 7) is 4.57. The molecular weight excluding hydrogens is 320 g/mol. The summed E-state index contributed by atoms with van der Waals surface area (Å²) in [5.74, 6) is 0.851. The number of ether oxygens (including phenoxy) is 2. The number of rotatable bonds is 5. The predicted molar refractivity (Wildman–Crippen MR) is 93.4 cm³/mol. The van der Waals surface area contributed by atoms with Gasteiger partial charge in [0.05, 0.1) is 19.0 Å². The third-order valence-corrected chi connectivity index (χ3v) is 4.84. The number of likely N-dealkylation sites (tertiary alicyclic amines) is 2. The van der Waals surface area contributed by atoms with Crippen LogP contribution in [0.15, 0.2) is 24.3 Å². The minimum atomic E-state index is -0.102. The summed E-state index contributed by atoms with van der Waals surface area (Å²) in [5.41, 5.74) is 1.16. The molecule has 0 N–H and O–H groups in total. The number of hydrogen-bond acceptors (Lipinski definition) is 4. The van der Waals surface area contributed by atoms with E-state index in [1.54, 1.807) is 4.90 Å². The number of carbonyl (C=O) groups is 2. The Morgan fingerprint density at radius 3 is 2.72 bits per heavy atom. The molecule has 2 amide bonds. The molecule has 6 nitrogen and oxygen atoms in total. The summed E-state index contributed by atoms with van der Waals surface area (Å²) in [4.78, 5) is 28.2. The summed E-state index contributed by atoms with van der Waals surface area (Å²) in [6, 6.07) is 7.95. The number of nitrogens with zero attached hydrogens (tertiary/aromatic N) is 2. The molecule has 6 heteroatoms. The highest BCUT2D eigenvalue weighted by Crippen LogP contribution is 2.24. The van der Waals surface area contributed by atoms with Gasteiger partial charge in [0.2, 0.25) is 11.8 Å². The molecule has 1 aromatic rings. The zero-order valence-electron chi connectivity index (χ0n) is 14.9. The molecule has 0 unspecified atom stereocenters. The topological polar surface area (TPSA) is 59.1 Å². The Hall–Kier alpha value is -2.08. The Morgan fingerprint density at radius 2 is 2.00 bits per heavy atom. The molecule has 0 aromatic heterocycles. The van der Waals surface area contributed by atoms with Crippen molar-refractivity contribution in [1.82, 2.24) is 9.80 Å². The minimum absolute atomic E-state index is 0.0377. The van der Waals surface area contributed by atoms with Crippen molar-refractivity contribution in [3.8, 4) is 5.75 Å². The Balaban J connectivity index is 1.47. The molecule has 2 saturated heterocycles. The van der Waals surface area contributed by atoms with Gasteiger partial charge in [-0.25, -0.2) is 0 Å². The van der Waals surface area contributed by atoms with Crippen molar-refractivity contribution in [3.05, 3.63) is 29.8 Å². The highest BCUT2D eigenvalue weighted by atomic mass is 16.5. The summed E-state index contributed by atoms with van der Waals surface area (Å²) < 4.78 is 10.8. The molecule has 0 spiro atoms. The fraction of sp³-hybridized carbons (Fsp3) is 0.579. The summed E-state index contributed by atoms with van der Waals surface area (Å²) in [5, 5.41) is 0. The van der Waals surface area contributed by atoms with Crippen LogP contribution in [-0.4, -0.2) is 67.6 Å². The molecular formula is C19H26N2O4. The van der Waals surface area contributed by atoms with E-state index in [1.807, 2.05) is 36.1 Å². The lowest BCUT2D eigenvalue weighted by atomic mass is 9.94. The number of methoxy groups -OCH3 is 1. The van der Waals surface area contributed by atoms with E-state index >= 15 is 0 Å². The highest BCUT2D eigenvalue weighted by Gasteiger charge is 2.37. The first-order valence-corrected chi connectivity index (χ1v) is 8.85. The van der Waals surface area contributed by atoms with Crippen LogP contribution in [0, 0.1) is 12.8 Å². The number of hydrogen-bond donors (Lipinski definition) is 0. The van der Waals surface area contributed by atoms with Gasteiger partial charge in [-0.3, -0.25) is 9.59 Å². The average Bonchev–Trinajstić information content (AvgIpc) is 2.57. The molecule has 1 aromatic carbocycles. The molecule has 0 bridgehead atoms. The largest absolute Gasteiger partial charge is 0.487 e. The van der Waals surface area contributed by atoms with E-state index in [4.69, 9.17) is 9.47 Å². The number of benzene rings is 1. The third-order valence-electron chi connectivity index (χ3n) is 4.84. The van der Waals surface area contributed by atoms with Crippen molar-refractivity contribution in [1.29, 1.82) is 0 Å². The standard InChI is InChI=1S/C19H26N2O4/c1-14-5-3-7-16(9-14)25-17-11-21(12-17)19(23)15-6-4-8-20(10-15)18(22)13-24-2/h3,5,7,9,15,17H,4,6,8,10-13H2,1-2H3/t15-/m0/s1. The van der Waals surface area contributed by atoms with Crippen LogP contribution < -0.4 is 4.74 Å². The van der Waals surface area contributed by atoms with Gasteiger partial charge in [-0.1, -0.05) is 12.1 Å². The lowest BCUT2D eigenvalue weighted by Gasteiger charge is -2.42. The van der Waals surface area contributed by atoms with Crippen molar-refractivity contribution in [3.63, 3.8) is 0 Å². The quantitative estimate of drug-likeness (QED) is 0.810. The fourth-order valence-electron chi connectivity index (χ4n) is 3.45. The average molecular weight is 346 g/mol. The van der Waals surface area contributed by atoms with Gasteiger partial charge in [0.15, 0.2) is 0 Å². The van der Waals surface area contributed by atoms with Crippen LogP contribution in [0.3, 0.4) is 0 Å². The van der Waals surface area contributed by atoms with Crippen LogP contribution in [0.25, 0.3) is 0 Å². The van der Waals surface area contributed by atoms with Crippen molar-refractivity contribution in [2.24, 2.45) is 5.92 Å². The first-order valence-electron chi connectivity index (χ1n) is 8.85. The molecule has 2 aliphatic rings. The summed E-state index contributed by atoms with van der Waals surface area (Å²) >= 11 is 0. The molecule has 2 fully saturated rings. The van der Waals surface area contributed by atoms with Crippen LogP contribution in [0.4, 0.5) is 0 Å². The van der Waals surface area contributed by atoms with Crippen molar-refractivity contribution in [2.45, 2.75) is 25.9 Å². The van der Waals surface area contributed by atoms with E-state index in [9.17, 15) is 9.59 Å². The zero-order valence-corrected chi connectivity index (χ0v) is 14.9. The van der Waals surface area contributed by atoms with Crippen LogP contribution in [0.1, 0.15) is 18.4 Å². The Morgan fingerprint density at radius 1 is 1.20 bits per heavy atom. The molecule has 0 aliphatic carbocycles. The van der Waals surface area contributed by atoms with Gasteiger partial charge >= 0.3 is 0 Å². The lowest BCUT2D eigenvalue weighted by Crippen LogP contribution is -2.59. The maximum absolute atomic E-state index is 12.7. The molecule has 25 heavy (non-hydrogen) atoms. The Bertz CT molecular complexity index is 628. The Labute approximate surface area is 148 Å². The number of carbonyl (C=O) groups excluding carboxylic acids is 2. The maximum Gasteiger partial charge on any atom is 0.248 e. The van der Waals surface area contributed by atoms with Gasteiger partial charge < -0.3 is 19.3 Å². The van der Waals surface area contributed by atoms with Crippen molar-refractivity contribution in [2.75, 3.05) is 39.9 Å². The Kier molecular flexibility index (Phi) is 5.58. The number of piperidine rings is 1. The fourth-order valence-corrected chi connectivity index (χ4v) is 3.45. The van der Waals surface area contributed by atoms with E-state index in [0.29, 0.717) is 26.2 Å². The van der Waals surface area contributed by atoms with E-state index in [-0.39, 0.29) is 30.4 Å². The van der Waals surface area contributed by atoms with E-state index in [0.717, 1.165) is 24.2 Å². The molecule has 136 valence electrons. The van der Waals surface area contributed by atoms with E-state index in [2.05, 4.69) is 0 Å². The van der Waals surface area contributed by atoms with Gasteiger partial charge in [-0.05, 0) is 37.5 Å². The van der Waals surface area contributed by atoms with Gasteiger partial charge in [-0.15, -0.1) is 0 Å². The minimum Gasteiger partial charge on any atom is -0.487 e. The van der Waals surface area contributed by atoms with E-state index in [1.165, 1.54) is 7.11 Å². The third kappa shape index (κ3) is 4.31. The zero-order chi connectivity index (χ0) is 17.8. The second kappa shape index (κ2) is 7.87. The van der Waals surface area contributed by atoms with Crippen molar-refractivity contribution >= 4 is 11.8 Å². The van der Waals surface area contributed by atoms with Gasteiger partial charge in [-0.2, -0.15) is 0 Å². The molecule has 1 atom stereocenters. The van der Waals surface area contributed by atoms with Gasteiger partial charge in [0.25, 0.3) is 0 Å². The predicted octanol–water partition coefficient (Wildman–Crippen LogP) is 1.47.